The Morgan fingerprint density at radius 3 is 2.52 bits per heavy atom. The highest BCUT2D eigenvalue weighted by Crippen LogP contribution is 2.14. The lowest BCUT2D eigenvalue weighted by Crippen LogP contribution is -2.19. The Morgan fingerprint density at radius 2 is 1.88 bits per heavy atom. The number of amidine groups is 1. The number of hydrogen-bond donors (Lipinski definition) is 1. The average molecular weight is 357 g/mol. The van der Waals surface area contributed by atoms with Crippen molar-refractivity contribution in [3.63, 3.8) is 0 Å². The Hall–Kier alpha value is -3.00. The molecule has 2 aromatic rings. The van der Waals surface area contributed by atoms with Crippen molar-refractivity contribution in [1.82, 2.24) is 5.32 Å². The van der Waals surface area contributed by atoms with Crippen LogP contribution in [-0.2, 0) is 4.79 Å². The molecule has 0 aliphatic carbocycles. The second kappa shape index (κ2) is 7.71. The fraction of sp³-hybridized carbons (Fsp3) is 0.0588. The predicted octanol–water partition coefficient (Wildman–Crippen LogP) is 2.60. The monoisotopic (exact) mass is 357 g/mol. The van der Waals surface area contributed by atoms with Crippen molar-refractivity contribution in [2.24, 2.45) is 10.2 Å². The molecule has 25 heavy (non-hydrogen) atoms. The number of benzene rings is 2. The fourth-order valence-electron chi connectivity index (χ4n) is 1.90. The van der Waals surface area contributed by atoms with Gasteiger partial charge in [-0.05, 0) is 54.1 Å². The molecule has 1 aliphatic rings. The van der Waals surface area contributed by atoms with Crippen LogP contribution in [0.5, 0.6) is 5.75 Å². The lowest BCUT2D eigenvalue weighted by Gasteiger charge is -2.04. The lowest BCUT2D eigenvalue weighted by molar-refractivity contribution is -0.116. The molecular formula is C17H12FN3O3S. The highest BCUT2D eigenvalue weighted by atomic mass is 32.2. The SMILES string of the molecule is O=C1CS/C(=N\N=Cc2ccc(OC(=O)c3ccc(F)cc3)cc2)N1. The maximum Gasteiger partial charge on any atom is 0.343 e. The average Bonchev–Trinajstić information content (AvgIpc) is 3.02. The molecule has 0 radical (unpaired) electrons. The van der Waals surface area contributed by atoms with Gasteiger partial charge in [-0.1, -0.05) is 11.8 Å². The number of hydrogen-bond acceptors (Lipinski definition) is 6. The number of nitrogens with zero attached hydrogens (tertiary/aromatic N) is 2. The summed E-state index contributed by atoms with van der Waals surface area (Å²) in [5.41, 5.74) is 1.01. The number of carbonyl (C=O) groups excluding carboxylic acids is 2. The van der Waals surface area contributed by atoms with E-state index in [0.717, 1.165) is 5.56 Å². The van der Waals surface area contributed by atoms with E-state index in [9.17, 15) is 14.0 Å². The normalized spacial score (nSPS) is 15.6. The third-order valence-electron chi connectivity index (χ3n) is 3.11. The van der Waals surface area contributed by atoms with Crippen LogP contribution in [0.3, 0.4) is 0 Å². The molecule has 2 aromatic carbocycles. The number of thioether (sulfide) groups is 1. The van der Waals surface area contributed by atoms with Crippen molar-refractivity contribution in [3.05, 3.63) is 65.5 Å². The molecule has 1 amide bonds. The van der Waals surface area contributed by atoms with Gasteiger partial charge >= 0.3 is 5.97 Å². The quantitative estimate of drug-likeness (QED) is 0.395. The van der Waals surface area contributed by atoms with Crippen LogP contribution in [0.2, 0.25) is 0 Å². The molecule has 1 saturated heterocycles. The topological polar surface area (TPSA) is 80.1 Å². The molecule has 1 N–H and O–H groups in total. The fourth-order valence-corrected chi connectivity index (χ4v) is 2.53. The number of carbonyl (C=O) groups is 2. The molecule has 126 valence electrons. The molecule has 0 saturated carbocycles. The summed E-state index contributed by atoms with van der Waals surface area (Å²) < 4.78 is 18.1. The van der Waals surface area contributed by atoms with E-state index < -0.39 is 11.8 Å². The standard InChI is InChI=1S/C17H12FN3O3S/c18-13-5-3-12(4-6-13)16(23)24-14-7-1-11(2-8-14)9-19-21-17-20-15(22)10-25-17/h1-9H,10H2,(H,20,21,22). The van der Waals surface area contributed by atoms with Crippen molar-refractivity contribution in [3.8, 4) is 5.75 Å². The maximum atomic E-state index is 12.8. The van der Waals surface area contributed by atoms with Crippen molar-refractivity contribution in [1.29, 1.82) is 0 Å². The van der Waals surface area contributed by atoms with E-state index in [0.29, 0.717) is 16.7 Å². The molecule has 8 heteroatoms. The maximum absolute atomic E-state index is 12.8. The summed E-state index contributed by atoms with van der Waals surface area (Å²) in [5, 5.41) is 10.8. The van der Waals surface area contributed by atoms with E-state index in [4.69, 9.17) is 4.74 Å². The minimum atomic E-state index is -0.568. The number of amides is 1. The molecule has 6 nitrogen and oxygen atoms in total. The van der Waals surface area contributed by atoms with Crippen LogP contribution in [0, 0.1) is 5.82 Å². The Morgan fingerprint density at radius 1 is 1.16 bits per heavy atom. The summed E-state index contributed by atoms with van der Waals surface area (Å²) in [4.78, 5) is 22.9. The van der Waals surface area contributed by atoms with E-state index in [1.54, 1.807) is 24.3 Å². The number of nitrogens with one attached hydrogen (secondary N) is 1. The Bertz CT molecular complexity index is 848. The molecule has 0 unspecified atom stereocenters. The number of esters is 1. The second-order valence-electron chi connectivity index (χ2n) is 4.95. The Kier molecular flexibility index (Phi) is 5.20. The van der Waals surface area contributed by atoms with E-state index in [-0.39, 0.29) is 11.5 Å². The zero-order valence-electron chi connectivity index (χ0n) is 12.8. The summed E-state index contributed by atoms with van der Waals surface area (Å²) >= 11 is 1.29. The summed E-state index contributed by atoms with van der Waals surface area (Å²) in [7, 11) is 0. The van der Waals surface area contributed by atoms with Gasteiger partial charge in [-0.2, -0.15) is 5.10 Å². The largest absolute Gasteiger partial charge is 0.423 e. The van der Waals surface area contributed by atoms with Crippen molar-refractivity contribution in [2.75, 3.05) is 5.75 Å². The summed E-state index contributed by atoms with van der Waals surface area (Å²) in [6.07, 6.45) is 1.52. The first-order chi connectivity index (χ1) is 12.1. The zero-order chi connectivity index (χ0) is 17.6. The lowest BCUT2D eigenvalue weighted by atomic mass is 10.2. The van der Waals surface area contributed by atoms with E-state index in [1.807, 2.05) is 0 Å². The summed E-state index contributed by atoms with van der Waals surface area (Å²) in [6, 6.07) is 11.7. The molecule has 0 spiro atoms. The molecule has 1 heterocycles. The number of ether oxygens (including phenoxy) is 1. The number of halogens is 1. The molecule has 3 rings (SSSR count). The van der Waals surface area contributed by atoms with Crippen LogP contribution < -0.4 is 10.1 Å². The summed E-state index contributed by atoms with van der Waals surface area (Å²) in [6.45, 7) is 0. The van der Waals surface area contributed by atoms with Gasteiger partial charge in [0.25, 0.3) is 0 Å². The van der Waals surface area contributed by atoms with Gasteiger partial charge in [-0.3, -0.25) is 4.79 Å². The van der Waals surface area contributed by atoms with Crippen molar-refractivity contribution >= 4 is 35.0 Å². The molecule has 1 aliphatic heterocycles. The van der Waals surface area contributed by atoms with Crippen LogP contribution in [0.1, 0.15) is 15.9 Å². The van der Waals surface area contributed by atoms with Gasteiger partial charge in [0.05, 0.1) is 17.5 Å². The third-order valence-corrected chi connectivity index (χ3v) is 3.98. The first-order valence-corrected chi connectivity index (χ1v) is 8.20. The highest BCUT2D eigenvalue weighted by Gasteiger charge is 2.15. The van der Waals surface area contributed by atoms with E-state index >= 15 is 0 Å². The second-order valence-corrected chi connectivity index (χ2v) is 5.92. The van der Waals surface area contributed by atoms with Gasteiger partial charge in [0.15, 0.2) is 5.17 Å². The van der Waals surface area contributed by atoms with Crippen LogP contribution in [0.25, 0.3) is 0 Å². The predicted molar refractivity (Wildman–Crippen MR) is 93.4 cm³/mol. The van der Waals surface area contributed by atoms with Crippen molar-refractivity contribution < 1.29 is 18.7 Å². The van der Waals surface area contributed by atoms with Crippen LogP contribution in [0.4, 0.5) is 4.39 Å². The Balaban J connectivity index is 1.59. The van der Waals surface area contributed by atoms with Crippen LogP contribution in [-0.4, -0.2) is 29.0 Å². The molecule has 0 bridgehead atoms. The first kappa shape index (κ1) is 16.8. The molecule has 0 atom stereocenters. The van der Waals surface area contributed by atoms with Gasteiger partial charge in [0.1, 0.15) is 11.6 Å². The smallest absolute Gasteiger partial charge is 0.343 e. The van der Waals surface area contributed by atoms with E-state index in [1.165, 1.54) is 42.2 Å². The van der Waals surface area contributed by atoms with Gasteiger partial charge in [0, 0.05) is 0 Å². The number of rotatable bonds is 4. The first-order valence-electron chi connectivity index (χ1n) is 7.22. The van der Waals surface area contributed by atoms with Gasteiger partial charge in [-0.25, -0.2) is 9.18 Å². The minimum absolute atomic E-state index is 0.0914. The molecule has 0 aromatic heterocycles. The molecular weight excluding hydrogens is 345 g/mol. The minimum Gasteiger partial charge on any atom is -0.423 e. The Labute approximate surface area is 146 Å². The van der Waals surface area contributed by atoms with Gasteiger partial charge in [0.2, 0.25) is 5.91 Å². The van der Waals surface area contributed by atoms with Gasteiger partial charge in [-0.15, -0.1) is 5.10 Å². The summed E-state index contributed by atoms with van der Waals surface area (Å²) in [5.74, 6) is -0.369. The van der Waals surface area contributed by atoms with Crippen LogP contribution >= 0.6 is 11.8 Å². The van der Waals surface area contributed by atoms with Crippen LogP contribution in [0.15, 0.2) is 58.7 Å². The highest BCUT2D eigenvalue weighted by molar-refractivity contribution is 8.15. The van der Waals surface area contributed by atoms with Gasteiger partial charge < -0.3 is 10.1 Å². The van der Waals surface area contributed by atoms with Crippen molar-refractivity contribution in [2.45, 2.75) is 0 Å². The third kappa shape index (κ3) is 4.74. The molecule has 1 fully saturated rings. The zero-order valence-corrected chi connectivity index (χ0v) is 13.6. The van der Waals surface area contributed by atoms with E-state index in [2.05, 4.69) is 15.5 Å².